The van der Waals surface area contributed by atoms with E-state index in [2.05, 4.69) is 195 Å². The second-order valence-electron chi connectivity index (χ2n) is 13.9. The van der Waals surface area contributed by atoms with E-state index in [4.69, 9.17) is 4.98 Å². The average molecular weight is 674 g/mol. The van der Waals surface area contributed by atoms with Crippen molar-refractivity contribution < 1.29 is 0 Å². The number of nitrogens with zero attached hydrogens (tertiary/aromatic N) is 1. The molecule has 1 aromatic heterocycles. The molecule has 53 heavy (non-hydrogen) atoms. The highest BCUT2D eigenvalue weighted by Crippen LogP contribution is 2.46. The first-order valence-electron chi connectivity index (χ1n) is 18.3. The number of aromatic nitrogens is 1. The van der Waals surface area contributed by atoms with Crippen molar-refractivity contribution in [3.63, 3.8) is 0 Å². The molecule has 0 saturated carbocycles. The Morgan fingerprint density at radius 2 is 0.830 bits per heavy atom. The standard InChI is InChI=1S/C52H35N/c1-34-21-23-37(24-22-34)41-29-30-49(43-15-5-4-14-42(41)43)52-47-18-8-6-16-45(47)51(46-17-7-9-19-48(46)52)38-27-25-35(26-28-38)39-31-32-53-50(33-39)44-20-10-12-36-11-2-3-13-40(36)44/h2-33H,1H3. The van der Waals surface area contributed by atoms with Crippen LogP contribution in [0.25, 0.3) is 98.9 Å². The number of rotatable bonds is 5. The number of aryl methyl sites for hydroxylation is 1. The summed E-state index contributed by atoms with van der Waals surface area (Å²) in [5, 5.41) is 9.98. The highest BCUT2D eigenvalue weighted by atomic mass is 14.7. The molecule has 0 radical (unpaired) electrons. The third-order valence-corrected chi connectivity index (χ3v) is 10.8. The minimum atomic E-state index is 0.982. The molecule has 10 rings (SSSR count). The second kappa shape index (κ2) is 12.7. The lowest BCUT2D eigenvalue weighted by Gasteiger charge is -2.20. The van der Waals surface area contributed by atoms with Gasteiger partial charge >= 0.3 is 0 Å². The lowest BCUT2D eigenvalue weighted by molar-refractivity contribution is 1.33. The summed E-state index contributed by atoms with van der Waals surface area (Å²) in [5.41, 5.74) is 13.2. The van der Waals surface area contributed by atoms with E-state index < -0.39 is 0 Å². The summed E-state index contributed by atoms with van der Waals surface area (Å²) in [6.45, 7) is 2.14. The largest absolute Gasteiger partial charge is 0.256 e. The maximum atomic E-state index is 4.79. The van der Waals surface area contributed by atoms with Crippen molar-refractivity contribution in [2.45, 2.75) is 6.92 Å². The maximum Gasteiger partial charge on any atom is 0.0714 e. The predicted octanol–water partition coefficient (Wildman–Crippen LogP) is 14.3. The van der Waals surface area contributed by atoms with Crippen LogP contribution in [0.2, 0.25) is 0 Å². The summed E-state index contributed by atoms with van der Waals surface area (Å²) in [6, 6.07) is 68.6. The zero-order valence-electron chi connectivity index (χ0n) is 29.4. The van der Waals surface area contributed by atoms with Crippen molar-refractivity contribution in [1.29, 1.82) is 0 Å². The molecule has 0 aliphatic heterocycles. The predicted molar refractivity (Wildman–Crippen MR) is 226 cm³/mol. The lowest BCUT2D eigenvalue weighted by atomic mass is 9.83. The monoisotopic (exact) mass is 673 g/mol. The van der Waals surface area contributed by atoms with E-state index in [1.54, 1.807) is 0 Å². The second-order valence-corrected chi connectivity index (χ2v) is 13.9. The molecular formula is C52H35N. The quantitative estimate of drug-likeness (QED) is 0.166. The number of hydrogen-bond acceptors (Lipinski definition) is 1. The summed E-state index contributed by atoms with van der Waals surface area (Å²) in [5.74, 6) is 0. The fourth-order valence-corrected chi connectivity index (χ4v) is 8.27. The van der Waals surface area contributed by atoms with Crippen molar-refractivity contribution in [2.24, 2.45) is 0 Å². The van der Waals surface area contributed by atoms with Crippen molar-refractivity contribution >= 4 is 43.1 Å². The smallest absolute Gasteiger partial charge is 0.0714 e. The first-order valence-corrected chi connectivity index (χ1v) is 18.3. The van der Waals surface area contributed by atoms with Gasteiger partial charge in [0.05, 0.1) is 5.69 Å². The third-order valence-electron chi connectivity index (χ3n) is 10.8. The Hall–Kier alpha value is -6.83. The van der Waals surface area contributed by atoms with Gasteiger partial charge in [-0.05, 0) is 107 Å². The van der Waals surface area contributed by atoms with Crippen molar-refractivity contribution in [1.82, 2.24) is 4.98 Å². The number of pyridine rings is 1. The van der Waals surface area contributed by atoms with Gasteiger partial charge in [-0.3, -0.25) is 4.98 Å². The molecule has 0 aliphatic rings. The Kier molecular flexibility index (Phi) is 7.44. The van der Waals surface area contributed by atoms with Crippen LogP contribution < -0.4 is 0 Å². The number of fused-ring (bicyclic) bond motifs is 4. The van der Waals surface area contributed by atoms with Crippen LogP contribution in [0, 0.1) is 6.92 Å². The molecule has 1 nitrogen and oxygen atoms in total. The van der Waals surface area contributed by atoms with Crippen LogP contribution in [0.4, 0.5) is 0 Å². The van der Waals surface area contributed by atoms with E-state index >= 15 is 0 Å². The summed E-state index contributed by atoms with van der Waals surface area (Å²) in [7, 11) is 0. The van der Waals surface area contributed by atoms with E-state index in [-0.39, 0.29) is 0 Å². The molecule has 0 saturated heterocycles. The number of benzene rings is 9. The van der Waals surface area contributed by atoms with Gasteiger partial charge in [-0.1, -0.05) is 181 Å². The zero-order chi connectivity index (χ0) is 35.3. The molecule has 10 aromatic rings. The Morgan fingerprint density at radius 1 is 0.321 bits per heavy atom. The summed E-state index contributed by atoms with van der Waals surface area (Å²) in [4.78, 5) is 4.79. The molecule has 0 aliphatic carbocycles. The van der Waals surface area contributed by atoms with Gasteiger partial charge in [0.15, 0.2) is 0 Å². The fraction of sp³-hybridized carbons (Fsp3) is 0.0192. The summed E-state index contributed by atoms with van der Waals surface area (Å²) < 4.78 is 0. The molecule has 0 spiro atoms. The van der Waals surface area contributed by atoms with Gasteiger partial charge in [0.1, 0.15) is 0 Å². The average Bonchev–Trinajstić information content (AvgIpc) is 3.23. The Labute approximate surface area is 309 Å². The topological polar surface area (TPSA) is 12.9 Å². The fourth-order valence-electron chi connectivity index (χ4n) is 8.27. The minimum Gasteiger partial charge on any atom is -0.256 e. The molecule has 248 valence electrons. The molecule has 0 bridgehead atoms. The molecular weight excluding hydrogens is 639 g/mol. The van der Waals surface area contributed by atoms with Crippen LogP contribution in [0.5, 0.6) is 0 Å². The van der Waals surface area contributed by atoms with Crippen molar-refractivity contribution in [2.75, 3.05) is 0 Å². The highest BCUT2D eigenvalue weighted by molar-refractivity contribution is 6.24. The van der Waals surface area contributed by atoms with Crippen LogP contribution in [0.3, 0.4) is 0 Å². The lowest BCUT2D eigenvalue weighted by Crippen LogP contribution is -1.92. The van der Waals surface area contributed by atoms with E-state index in [1.807, 2.05) is 6.20 Å². The minimum absolute atomic E-state index is 0.982. The number of hydrogen-bond donors (Lipinski definition) is 0. The van der Waals surface area contributed by atoms with Gasteiger partial charge in [-0.15, -0.1) is 0 Å². The van der Waals surface area contributed by atoms with Gasteiger partial charge in [-0.25, -0.2) is 0 Å². The Bertz CT molecular complexity index is 2930. The SMILES string of the molecule is Cc1ccc(-c2ccc(-c3c4ccccc4c(-c4ccc(-c5ccnc(-c6cccc7ccccc67)c5)cc4)c4ccccc34)c3ccccc23)cc1. The van der Waals surface area contributed by atoms with Crippen LogP contribution in [-0.2, 0) is 0 Å². The van der Waals surface area contributed by atoms with Crippen molar-refractivity contribution in [3.05, 3.63) is 200 Å². The third kappa shape index (κ3) is 5.29. The first kappa shape index (κ1) is 30.9. The van der Waals surface area contributed by atoms with E-state index in [1.165, 1.54) is 87.6 Å². The Balaban J connectivity index is 1.12. The van der Waals surface area contributed by atoms with Gasteiger partial charge < -0.3 is 0 Å². The molecule has 0 atom stereocenters. The first-order chi connectivity index (χ1) is 26.2. The molecule has 9 aromatic carbocycles. The van der Waals surface area contributed by atoms with Gasteiger partial charge in [0, 0.05) is 11.8 Å². The van der Waals surface area contributed by atoms with Crippen LogP contribution >= 0.6 is 0 Å². The van der Waals surface area contributed by atoms with Crippen LogP contribution in [0.15, 0.2) is 194 Å². The molecule has 0 unspecified atom stereocenters. The molecule has 0 fully saturated rings. The maximum absolute atomic E-state index is 4.79. The van der Waals surface area contributed by atoms with Gasteiger partial charge in [0.25, 0.3) is 0 Å². The summed E-state index contributed by atoms with van der Waals surface area (Å²) in [6.07, 6.45) is 1.93. The molecule has 0 amide bonds. The molecule has 1 heteroatoms. The zero-order valence-corrected chi connectivity index (χ0v) is 29.4. The molecule has 1 heterocycles. The van der Waals surface area contributed by atoms with Crippen molar-refractivity contribution in [3.8, 4) is 55.8 Å². The van der Waals surface area contributed by atoms with E-state index in [9.17, 15) is 0 Å². The Morgan fingerprint density at radius 3 is 1.51 bits per heavy atom. The van der Waals surface area contributed by atoms with Gasteiger partial charge in [0.2, 0.25) is 0 Å². The van der Waals surface area contributed by atoms with E-state index in [0.717, 1.165) is 16.8 Å². The van der Waals surface area contributed by atoms with Crippen LogP contribution in [-0.4, -0.2) is 4.98 Å². The molecule has 0 N–H and O–H groups in total. The van der Waals surface area contributed by atoms with E-state index in [0.29, 0.717) is 0 Å². The normalized spacial score (nSPS) is 11.5. The highest BCUT2D eigenvalue weighted by Gasteiger charge is 2.19. The summed E-state index contributed by atoms with van der Waals surface area (Å²) >= 11 is 0. The van der Waals surface area contributed by atoms with Gasteiger partial charge in [-0.2, -0.15) is 0 Å². The van der Waals surface area contributed by atoms with Crippen LogP contribution in [0.1, 0.15) is 5.56 Å².